The molecule has 0 saturated carbocycles. The molecule has 0 unspecified atom stereocenters. The minimum absolute atomic E-state index is 0. The van der Waals surface area contributed by atoms with E-state index in [0.29, 0.717) is 0 Å². The molecular formula is C7H10Na2O4. The number of hydrogen-bond acceptors (Lipinski definition) is 2. The van der Waals surface area contributed by atoms with Gasteiger partial charge in [-0.05, 0) is 13.3 Å². The van der Waals surface area contributed by atoms with Crippen LogP contribution >= 0.6 is 0 Å². The van der Waals surface area contributed by atoms with Crippen molar-refractivity contribution in [2.75, 3.05) is 0 Å². The summed E-state index contributed by atoms with van der Waals surface area (Å²) in [5, 5.41) is 16.9. The van der Waals surface area contributed by atoms with Crippen LogP contribution in [0.5, 0.6) is 0 Å². The summed E-state index contributed by atoms with van der Waals surface area (Å²) in [6, 6.07) is 0. The number of hydrogen-bond donors (Lipinski definition) is 2. The van der Waals surface area contributed by atoms with Gasteiger partial charge in [0.2, 0.25) is 0 Å². The van der Waals surface area contributed by atoms with Gasteiger partial charge in [-0.2, -0.15) is 0 Å². The Kier molecular flexibility index (Phi) is 13.7. The van der Waals surface area contributed by atoms with Crippen LogP contribution in [0.1, 0.15) is 20.3 Å². The van der Waals surface area contributed by atoms with E-state index < -0.39 is 11.9 Å². The average molecular weight is 204 g/mol. The summed E-state index contributed by atoms with van der Waals surface area (Å²) in [5.74, 6) is -2.34. The molecule has 0 aliphatic carbocycles. The van der Waals surface area contributed by atoms with E-state index in [4.69, 9.17) is 10.2 Å². The Balaban J connectivity index is -0.000000500. The van der Waals surface area contributed by atoms with E-state index in [1.54, 1.807) is 6.92 Å². The number of aliphatic carboxylic acids is 2. The molecule has 0 atom stereocenters. The van der Waals surface area contributed by atoms with E-state index >= 15 is 0 Å². The van der Waals surface area contributed by atoms with Crippen LogP contribution in [0, 0.1) is 0 Å². The Hall–Kier alpha value is 0.680. The van der Waals surface area contributed by atoms with E-state index in [1.807, 2.05) is 0 Å². The summed E-state index contributed by atoms with van der Waals surface area (Å²) < 4.78 is 0. The third-order valence-corrected chi connectivity index (χ3v) is 1.39. The van der Waals surface area contributed by atoms with Crippen LogP contribution in [-0.4, -0.2) is 81.3 Å². The molecule has 0 saturated heterocycles. The quantitative estimate of drug-likeness (QED) is 0.505. The second-order valence-corrected chi connectivity index (χ2v) is 2.07. The van der Waals surface area contributed by atoms with Crippen LogP contribution < -0.4 is 0 Å². The van der Waals surface area contributed by atoms with Crippen molar-refractivity contribution in [3.63, 3.8) is 0 Å². The Bertz CT molecular complexity index is 223. The predicted molar refractivity (Wildman–Crippen MR) is 49.8 cm³/mol. The van der Waals surface area contributed by atoms with Gasteiger partial charge in [0.1, 0.15) is 0 Å². The Morgan fingerprint density at radius 2 is 1.46 bits per heavy atom. The first kappa shape index (κ1) is 19.3. The van der Waals surface area contributed by atoms with Crippen LogP contribution in [0.25, 0.3) is 0 Å². The van der Waals surface area contributed by atoms with Gasteiger partial charge in [0.25, 0.3) is 0 Å². The van der Waals surface area contributed by atoms with Gasteiger partial charge in [-0.15, -0.1) is 0 Å². The maximum atomic E-state index is 10.4. The minimum Gasteiger partial charge on any atom is -0.478 e. The Morgan fingerprint density at radius 1 is 1.08 bits per heavy atom. The topological polar surface area (TPSA) is 74.6 Å². The summed E-state index contributed by atoms with van der Waals surface area (Å²) in [4.78, 5) is 20.6. The predicted octanol–water partition coefficient (Wildman–Crippen LogP) is 0.120. The fourth-order valence-electron chi connectivity index (χ4n) is 0.706. The summed E-state index contributed by atoms with van der Waals surface area (Å²) in [5.41, 5.74) is -0.141. The smallest absolute Gasteiger partial charge is 0.332 e. The third-order valence-electron chi connectivity index (χ3n) is 1.39. The van der Waals surface area contributed by atoms with Crippen molar-refractivity contribution >= 4 is 71.1 Å². The average Bonchev–Trinajstić information content (AvgIpc) is 1.88. The molecule has 0 aliphatic heterocycles. The van der Waals surface area contributed by atoms with Crippen LogP contribution in [0.4, 0.5) is 0 Å². The van der Waals surface area contributed by atoms with Crippen LogP contribution in [0.3, 0.4) is 0 Å². The van der Waals surface area contributed by atoms with Crippen molar-refractivity contribution < 1.29 is 19.8 Å². The number of rotatable bonds is 3. The largest absolute Gasteiger partial charge is 0.478 e. The molecule has 4 nitrogen and oxygen atoms in total. The second-order valence-electron chi connectivity index (χ2n) is 2.07. The van der Waals surface area contributed by atoms with E-state index in [2.05, 4.69) is 0 Å². The second kappa shape index (κ2) is 9.24. The van der Waals surface area contributed by atoms with Crippen molar-refractivity contribution in [3.05, 3.63) is 11.1 Å². The molecule has 0 fully saturated rings. The standard InChI is InChI=1S/C7H10O4.2Na/c1-3-5(7(10)11)4(2)6(8)9;;/h3H2,1-2H3,(H,8,9)(H,10,11);;. The van der Waals surface area contributed by atoms with Gasteiger partial charge in [0, 0.05) is 70.3 Å². The zero-order valence-electron chi connectivity index (χ0n) is 8.42. The first-order valence-corrected chi connectivity index (χ1v) is 3.17. The van der Waals surface area contributed by atoms with E-state index in [0.717, 1.165) is 0 Å². The summed E-state index contributed by atoms with van der Waals surface area (Å²) >= 11 is 0. The van der Waals surface area contributed by atoms with Gasteiger partial charge < -0.3 is 10.2 Å². The molecular weight excluding hydrogens is 194 g/mol. The molecule has 0 aliphatic rings. The van der Waals surface area contributed by atoms with Gasteiger partial charge in [0.05, 0.1) is 0 Å². The van der Waals surface area contributed by atoms with Gasteiger partial charge in [-0.25, -0.2) is 9.59 Å². The fourth-order valence-corrected chi connectivity index (χ4v) is 0.706. The van der Waals surface area contributed by atoms with E-state index in [-0.39, 0.29) is 76.7 Å². The van der Waals surface area contributed by atoms with Crippen LogP contribution in [0.15, 0.2) is 11.1 Å². The molecule has 13 heavy (non-hydrogen) atoms. The van der Waals surface area contributed by atoms with Crippen LogP contribution in [-0.2, 0) is 9.59 Å². The zero-order valence-corrected chi connectivity index (χ0v) is 12.4. The molecule has 0 spiro atoms. The number of carboxylic acid groups (broad SMARTS) is 2. The molecule has 2 N–H and O–H groups in total. The Morgan fingerprint density at radius 3 is 1.54 bits per heavy atom. The van der Waals surface area contributed by atoms with E-state index in [1.165, 1.54) is 6.92 Å². The summed E-state index contributed by atoms with van der Waals surface area (Å²) in [7, 11) is 0. The number of carbonyl (C=O) groups is 2. The first-order valence-electron chi connectivity index (χ1n) is 3.17. The maximum absolute atomic E-state index is 10.4. The van der Waals surface area contributed by atoms with Gasteiger partial charge >= 0.3 is 11.9 Å². The first-order chi connectivity index (χ1) is 5.00. The molecule has 0 amide bonds. The molecule has 0 heterocycles. The molecule has 0 aromatic rings. The van der Waals surface area contributed by atoms with Gasteiger partial charge in [-0.3, -0.25) is 0 Å². The Labute approximate surface area is 121 Å². The van der Waals surface area contributed by atoms with Crippen molar-refractivity contribution in [2.24, 2.45) is 0 Å². The third kappa shape index (κ3) is 6.71. The van der Waals surface area contributed by atoms with Gasteiger partial charge in [-0.1, -0.05) is 6.92 Å². The van der Waals surface area contributed by atoms with Crippen molar-refractivity contribution in [2.45, 2.75) is 20.3 Å². The summed E-state index contributed by atoms with van der Waals surface area (Å²) in [6.07, 6.45) is 0.230. The minimum atomic E-state index is -1.18. The molecule has 64 valence electrons. The van der Waals surface area contributed by atoms with Crippen molar-refractivity contribution in [3.8, 4) is 0 Å². The molecule has 0 bridgehead atoms. The van der Waals surface area contributed by atoms with Gasteiger partial charge in [0.15, 0.2) is 0 Å². The molecule has 6 heteroatoms. The maximum Gasteiger partial charge on any atom is 0.332 e. The zero-order chi connectivity index (χ0) is 9.02. The van der Waals surface area contributed by atoms with E-state index in [9.17, 15) is 9.59 Å². The monoisotopic (exact) mass is 204 g/mol. The van der Waals surface area contributed by atoms with Crippen molar-refractivity contribution in [1.82, 2.24) is 0 Å². The number of carboxylic acids is 2. The van der Waals surface area contributed by atoms with Crippen LogP contribution in [0.2, 0.25) is 0 Å². The normalized spacial score (nSPS) is 10.3. The summed E-state index contributed by atoms with van der Waals surface area (Å²) in [6.45, 7) is 2.89. The molecule has 0 aromatic carbocycles. The van der Waals surface area contributed by atoms with Crippen molar-refractivity contribution in [1.29, 1.82) is 0 Å². The molecule has 0 aromatic heterocycles. The molecule has 2 radical (unpaired) electrons. The molecule has 0 rings (SSSR count). The fraction of sp³-hybridized carbons (Fsp3) is 0.429. The SMILES string of the molecule is CCC(C(=O)O)=C(C)C(=O)O.[Na].[Na].